The second-order valence-corrected chi connectivity index (χ2v) is 6.11. The Labute approximate surface area is 123 Å². The molecule has 0 heterocycles. The molecule has 0 unspecified atom stereocenters. The number of halogens is 1. The van der Waals surface area contributed by atoms with Gasteiger partial charge in [0.1, 0.15) is 5.75 Å². The van der Waals surface area contributed by atoms with Crippen molar-refractivity contribution in [1.29, 1.82) is 0 Å². The summed E-state index contributed by atoms with van der Waals surface area (Å²) in [7, 11) is -3.66. The lowest BCUT2D eigenvalue weighted by atomic mass is 10.3. The van der Waals surface area contributed by atoms with E-state index >= 15 is 0 Å². The Balaban J connectivity index is 2.36. The van der Waals surface area contributed by atoms with Gasteiger partial charge in [-0.25, -0.2) is 8.42 Å². The molecular formula is C14H14ClNO3S. The highest BCUT2D eigenvalue weighted by Crippen LogP contribution is 2.30. The van der Waals surface area contributed by atoms with E-state index < -0.39 is 10.0 Å². The predicted molar refractivity (Wildman–Crippen MR) is 79.9 cm³/mol. The van der Waals surface area contributed by atoms with Crippen LogP contribution in [0.25, 0.3) is 0 Å². The standard InChI is InChI=1S/C14H14ClNO3S/c1-2-19-14-9-8-11(15)10-13(14)16-20(17,18)12-6-4-3-5-7-12/h3-10,16H,2H2,1H3. The lowest BCUT2D eigenvalue weighted by Crippen LogP contribution is -2.13. The van der Waals surface area contributed by atoms with Gasteiger partial charge in [0.15, 0.2) is 0 Å². The summed E-state index contributed by atoms with van der Waals surface area (Å²) in [6.07, 6.45) is 0. The molecule has 2 aromatic rings. The second kappa shape index (κ2) is 6.15. The van der Waals surface area contributed by atoms with Gasteiger partial charge in [0.2, 0.25) is 0 Å². The van der Waals surface area contributed by atoms with Crippen molar-refractivity contribution >= 4 is 27.3 Å². The molecule has 20 heavy (non-hydrogen) atoms. The van der Waals surface area contributed by atoms with E-state index in [0.717, 1.165) is 0 Å². The number of hydrogen-bond donors (Lipinski definition) is 1. The number of hydrogen-bond acceptors (Lipinski definition) is 3. The van der Waals surface area contributed by atoms with Crippen LogP contribution in [-0.2, 0) is 10.0 Å². The van der Waals surface area contributed by atoms with Crippen molar-refractivity contribution in [3.63, 3.8) is 0 Å². The van der Waals surface area contributed by atoms with Crippen molar-refractivity contribution in [3.05, 3.63) is 53.6 Å². The number of nitrogens with one attached hydrogen (secondary N) is 1. The Kier molecular flexibility index (Phi) is 4.52. The van der Waals surface area contributed by atoms with E-state index in [2.05, 4.69) is 4.72 Å². The first-order valence-corrected chi connectivity index (χ1v) is 7.89. The fourth-order valence-electron chi connectivity index (χ4n) is 1.67. The van der Waals surface area contributed by atoms with E-state index in [1.54, 1.807) is 30.3 Å². The van der Waals surface area contributed by atoms with E-state index in [0.29, 0.717) is 23.1 Å². The fraction of sp³-hybridized carbons (Fsp3) is 0.143. The van der Waals surface area contributed by atoms with E-state index in [-0.39, 0.29) is 4.90 Å². The molecule has 0 atom stereocenters. The Morgan fingerprint density at radius 2 is 1.85 bits per heavy atom. The molecule has 1 N–H and O–H groups in total. The third-order valence-electron chi connectivity index (χ3n) is 2.54. The molecule has 0 amide bonds. The number of rotatable bonds is 5. The molecule has 0 aromatic heterocycles. The highest BCUT2D eigenvalue weighted by Gasteiger charge is 2.16. The SMILES string of the molecule is CCOc1ccc(Cl)cc1NS(=O)(=O)c1ccccc1. The predicted octanol–water partition coefficient (Wildman–Crippen LogP) is 3.54. The van der Waals surface area contributed by atoms with Crippen molar-refractivity contribution in [1.82, 2.24) is 0 Å². The first-order chi connectivity index (χ1) is 9.53. The van der Waals surface area contributed by atoms with Crippen LogP contribution in [0.15, 0.2) is 53.4 Å². The zero-order chi connectivity index (χ0) is 14.6. The molecule has 0 aliphatic carbocycles. The third-order valence-corrected chi connectivity index (χ3v) is 4.16. The molecule has 0 aliphatic rings. The minimum atomic E-state index is -3.66. The van der Waals surface area contributed by atoms with Crippen LogP contribution in [0, 0.1) is 0 Å². The van der Waals surface area contributed by atoms with Crippen LogP contribution < -0.4 is 9.46 Å². The monoisotopic (exact) mass is 311 g/mol. The molecular weight excluding hydrogens is 298 g/mol. The highest BCUT2D eigenvalue weighted by molar-refractivity contribution is 7.92. The zero-order valence-corrected chi connectivity index (χ0v) is 12.4. The molecule has 0 saturated heterocycles. The van der Waals surface area contributed by atoms with Gasteiger partial charge in [0.05, 0.1) is 17.2 Å². The Morgan fingerprint density at radius 3 is 2.50 bits per heavy atom. The smallest absolute Gasteiger partial charge is 0.262 e. The van der Waals surface area contributed by atoms with Crippen molar-refractivity contribution < 1.29 is 13.2 Å². The van der Waals surface area contributed by atoms with E-state index in [4.69, 9.17) is 16.3 Å². The molecule has 0 saturated carbocycles. The van der Waals surface area contributed by atoms with Crippen LogP contribution >= 0.6 is 11.6 Å². The normalized spacial score (nSPS) is 11.1. The van der Waals surface area contributed by atoms with Gasteiger partial charge in [-0.05, 0) is 37.3 Å². The summed E-state index contributed by atoms with van der Waals surface area (Å²) in [5, 5.41) is 0.430. The number of ether oxygens (including phenoxy) is 1. The van der Waals surface area contributed by atoms with Gasteiger partial charge in [-0.2, -0.15) is 0 Å². The fourth-order valence-corrected chi connectivity index (χ4v) is 2.92. The van der Waals surface area contributed by atoms with Crippen molar-refractivity contribution in [3.8, 4) is 5.75 Å². The summed E-state index contributed by atoms with van der Waals surface area (Å²) >= 11 is 5.90. The van der Waals surface area contributed by atoms with Crippen molar-refractivity contribution in [2.75, 3.05) is 11.3 Å². The van der Waals surface area contributed by atoms with E-state index in [9.17, 15) is 8.42 Å². The average molecular weight is 312 g/mol. The molecule has 0 fully saturated rings. The molecule has 0 radical (unpaired) electrons. The number of sulfonamides is 1. The Bertz CT molecular complexity index is 687. The summed E-state index contributed by atoms with van der Waals surface area (Å²) in [5.41, 5.74) is 0.322. The molecule has 2 aromatic carbocycles. The minimum absolute atomic E-state index is 0.183. The summed E-state index contributed by atoms with van der Waals surface area (Å²) in [5.74, 6) is 0.441. The van der Waals surface area contributed by atoms with Gasteiger partial charge in [-0.3, -0.25) is 4.72 Å². The average Bonchev–Trinajstić information content (AvgIpc) is 2.43. The van der Waals surface area contributed by atoms with Crippen LogP contribution in [0.1, 0.15) is 6.92 Å². The van der Waals surface area contributed by atoms with Crippen LogP contribution in [0.3, 0.4) is 0 Å². The minimum Gasteiger partial charge on any atom is -0.492 e. The van der Waals surface area contributed by atoms with Gasteiger partial charge in [0.25, 0.3) is 10.0 Å². The molecule has 0 aliphatic heterocycles. The molecule has 2 rings (SSSR count). The third kappa shape index (κ3) is 3.43. The number of anilines is 1. The van der Waals surface area contributed by atoms with Crippen molar-refractivity contribution in [2.45, 2.75) is 11.8 Å². The summed E-state index contributed by atoms with van der Waals surface area (Å²) in [4.78, 5) is 0.183. The quantitative estimate of drug-likeness (QED) is 0.919. The topological polar surface area (TPSA) is 55.4 Å². The maximum atomic E-state index is 12.3. The first kappa shape index (κ1) is 14.7. The molecule has 0 spiro atoms. The van der Waals surface area contributed by atoms with Gasteiger partial charge < -0.3 is 4.74 Å². The van der Waals surface area contributed by atoms with Crippen LogP contribution in [-0.4, -0.2) is 15.0 Å². The van der Waals surface area contributed by atoms with Gasteiger partial charge >= 0.3 is 0 Å². The van der Waals surface area contributed by atoms with Gasteiger partial charge in [0, 0.05) is 5.02 Å². The molecule has 6 heteroatoms. The van der Waals surface area contributed by atoms with Crippen LogP contribution in [0.2, 0.25) is 5.02 Å². The maximum Gasteiger partial charge on any atom is 0.262 e. The second-order valence-electron chi connectivity index (χ2n) is 3.99. The lowest BCUT2D eigenvalue weighted by molar-refractivity contribution is 0.342. The summed E-state index contributed by atoms with van der Waals surface area (Å²) in [6.45, 7) is 2.26. The Morgan fingerprint density at radius 1 is 1.15 bits per heavy atom. The Hall–Kier alpha value is -1.72. The van der Waals surface area contributed by atoms with Gasteiger partial charge in [-0.1, -0.05) is 29.8 Å². The molecule has 4 nitrogen and oxygen atoms in total. The van der Waals surface area contributed by atoms with E-state index in [1.807, 2.05) is 6.92 Å². The summed E-state index contributed by atoms with van der Waals surface area (Å²) in [6, 6.07) is 12.9. The van der Waals surface area contributed by atoms with Crippen LogP contribution in [0.5, 0.6) is 5.75 Å². The zero-order valence-electron chi connectivity index (χ0n) is 10.8. The highest BCUT2D eigenvalue weighted by atomic mass is 35.5. The maximum absolute atomic E-state index is 12.3. The lowest BCUT2D eigenvalue weighted by Gasteiger charge is -2.13. The summed E-state index contributed by atoms with van der Waals surface area (Å²) < 4.78 is 32.4. The van der Waals surface area contributed by atoms with E-state index in [1.165, 1.54) is 18.2 Å². The molecule has 0 bridgehead atoms. The van der Waals surface area contributed by atoms with Gasteiger partial charge in [-0.15, -0.1) is 0 Å². The largest absolute Gasteiger partial charge is 0.492 e. The van der Waals surface area contributed by atoms with Crippen molar-refractivity contribution in [2.24, 2.45) is 0 Å². The van der Waals surface area contributed by atoms with Crippen LogP contribution in [0.4, 0.5) is 5.69 Å². The molecule has 106 valence electrons. The first-order valence-electron chi connectivity index (χ1n) is 6.03. The number of benzene rings is 2.